The Bertz CT molecular complexity index is 525. The molecule has 0 aliphatic rings. The number of hydrogen-bond acceptors (Lipinski definition) is 5. The highest BCUT2D eigenvalue weighted by Gasteiger charge is 2.12. The summed E-state index contributed by atoms with van der Waals surface area (Å²) in [5.74, 6) is 6.79. The van der Waals surface area contributed by atoms with E-state index in [-0.39, 0.29) is 18.0 Å². The van der Waals surface area contributed by atoms with Crippen molar-refractivity contribution in [3.63, 3.8) is 0 Å². The first-order valence-corrected chi connectivity index (χ1v) is 17.8. The average molecular weight is 578 g/mol. The SMILES string of the molecule is CC(C)CCC(=O)O[C@@H](C)C(C)C.CC(C)CCCCNC(=O)CCC(C)C.CC(C)CSSCC(C)C. The lowest BCUT2D eigenvalue weighted by Crippen LogP contribution is -2.24. The summed E-state index contributed by atoms with van der Waals surface area (Å²) >= 11 is 0. The van der Waals surface area contributed by atoms with Gasteiger partial charge in [0, 0.05) is 30.9 Å². The number of rotatable bonds is 18. The van der Waals surface area contributed by atoms with Crippen LogP contribution in [0.3, 0.4) is 0 Å². The maximum Gasteiger partial charge on any atom is 0.306 e. The van der Waals surface area contributed by atoms with Crippen molar-refractivity contribution in [1.82, 2.24) is 5.32 Å². The molecule has 0 radical (unpaired) electrons. The molecule has 0 heterocycles. The van der Waals surface area contributed by atoms with Gasteiger partial charge in [-0.05, 0) is 61.7 Å². The molecule has 0 saturated heterocycles. The van der Waals surface area contributed by atoms with Crippen molar-refractivity contribution >= 4 is 33.5 Å². The first kappa shape index (κ1) is 42.1. The molecule has 1 amide bonds. The third-order valence-corrected chi connectivity index (χ3v) is 8.64. The predicted octanol–water partition coefficient (Wildman–Crippen LogP) is 10.1. The van der Waals surface area contributed by atoms with Gasteiger partial charge in [-0.15, -0.1) is 0 Å². The molecule has 6 heteroatoms. The van der Waals surface area contributed by atoms with Crippen LogP contribution in [0, 0.1) is 35.5 Å². The van der Waals surface area contributed by atoms with Crippen LogP contribution in [0.2, 0.25) is 0 Å². The number of ether oxygens (including phenoxy) is 1. The van der Waals surface area contributed by atoms with E-state index in [0.717, 1.165) is 43.6 Å². The summed E-state index contributed by atoms with van der Waals surface area (Å²) in [5.41, 5.74) is 0. The van der Waals surface area contributed by atoms with E-state index in [1.807, 2.05) is 28.5 Å². The molecular formula is C32H67NO3S2. The normalized spacial score (nSPS) is 12.0. The summed E-state index contributed by atoms with van der Waals surface area (Å²) < 4.78 is 5.22. The number of carbonyl (C=O) groups is 2. The van der Waals surface area contributed by atoms with Crippen LogP contribution in [0.5, 0.6) is 0 Å². The molecule has 38 heavy (non-hydrogen) atoms. The van der Waals surface area contributed by atoms with E-state index in [4.69, 9.17) is 4.74 Å². The molecular weight excluding hydrogens is 510 g/mol. The van der Waals surface area contributed by atoms with Crippen molar-refractivity contribution in [2.24, 2.45) is 35.5 Å². The highest BCUT2D eigenvalue weighted by molar-refractivity contribution is 8.76. The second-order valence-electron chi connectivity index (χ2n) is 12.9. The average Bonchev–Trinajstić information content (AvgIpc) is 2.79. The van der Waals surface area contributed by atoms with Gasteiger partial charge in [-0.3, -0.25) is 9.59 Å². The maximum absolute atomic E-state index is 11.3. The van der Waals surface area contributed by atoms with Gasteiger partial charge < -0.3 is 10.1 Å². The minimum absolute atomic E-state index is 0.0414. The molecule has 0 rings (SSSR count). The summed E-state index contributed by atoms with van der Waals surface area (Å²) in [6, 6.07) is 0. The Kier molecular flexibility index (Phi) is 31.2. The van der Waals surface area contributed by atoms with Gasteiger partial charge in [0.05, 0.1) is 0 Å². The van der Waals surface area contributed by atoms with Crippen molar-refractivity contribution < 1.29 is 14.3 Å². The second kappa shape index (κ2) is 28.2. The lowest BCUT2D eigenvalue weighted by atomic mass is 10.1. The summed E-state index contributed by atoms with van der Waals surface area (Å²) in [7, 11) is 4.01. The fourth-order valence-electron chi connectivity index (χ4n) is 2.59. The fourth-order valence-corrected chi connectivity index (χ4v) is 5.54. The number of unbranched alkanes of at least 4 members (excludes halogenated alkanes) is 1. The lowest BCUT2D eigenvalue weighted by molar-refractivity contribution is -0.150. The Morgan fingerprint density at radius 1 is 0.605 bits per heavy atom. The molecule has 0 aromatic heterocycles. The van der Waals surface area contributed by atoms with Gasteiger partial charge in [-0.25, -0.2) is 0 Å². The van der Waals surface area contributed by atoms with Crippen LogP contribution in [0.4, 0.5) is 0 Å². The monoisotopic (exact) mass is 577 g/mol. The van der Waals surface area contributed by atoms with Gasteiger partial charge in [0.25, 0.3) is 0 Å². The largest absolute Gasteiger partial charge is 0.462 e. The van der Waals surface area contributed by atoms with E-state index in [1.165, 1.54) is 24.3 Å². The van der Waals surface area contributed by atoms with Gasteiger partial charge in [0.1, 0.15) is 6.10 Å². The quantitative estimate of drug-likeness (QED) is 0.0997. The zero-order valence-electron chi connectivity index (χ0n) is 27.7. The minimum atomic E-state index is -0.0603. The summed E-state index contributed by atoms with van der Waals surface area (Å²) in [6.07, 6.45) is 6.80. The third kappa shape index (κ3) is 40.1. The fraction of sp³-hybridized carbons (Fsp3) is 0.938. The Balaban J connectivity index is -0.000000494. The molecule has 230 valence electrons. The highest BCUT2D eigenvalue weighted by Crippen LogP contribution is 2.25. The Morgan fingerprint density at radius 2 is 1.05 bits per heavy atom. The van der Waals surface area contributed by atoms with Crippen LogP contribution in [-0.2, 0) is 14.3 Å². The highest BCUT2D eigenvalue weighted by atomic mass is 33.1. The van der Waals surface area contributed by atoms with Crippen molar-refractivity contribution in [2.75, 3.05) is 18.1 Å². The topological polar surface area (TPSA) is 55.4 Å². The third-order valence-electron chi connectivity index (χ3n) is 5.55. The van der Waals surface area contributed by atoms with Gasteiger partial charge in [0.2, 0.25) is 5.91 Å². The molecule has 0 spiro atoms. The molecule has 4 nitrogen and oxygen atoms in total. The smallest absolute Gasteiger partial charge is 0.306 e. The van der Waals surface area contributed by atoms with Crippen LogP contribution in [0.25, 0.3) is 0 Å². The first-order chi connectivity index (χ1) is 17.6. The molecule has 0 aliphatic heterocycles. The van der Waals surface area contributed by atoms with E-state index < -0.39 is 0 Å². The van der Waals surface area contributed by atoms with E-state index in [0.29, 0.717) is 30.6 Å². The van der Waals surface area contributed by atoms with E-state index in [9.17, 15) is 9.59 Å². The van der Waals surface area contributed by atoms with Crippen LogP contribution < -0.4 is 5.32 Å². The Morgan fingerprint density at radius 3 is 1.45 bits per heavy atom. The number of carbonyl (C=O) groups excluding carboxylic acids is 2. The molecule has 0 fully saturated rings. The minimum Gasteiger partial charge on any atom is -0.462 e. The number of hydrogen-bond donors (Lipinski definition) is 1. The summed E-state index contributed by atoms with van der Waals surface area (Å²) in [5, 5.41) is 2.97. The Hall–Kier alpha value is -0.360. The van der Waals surface area contributed by atoms with Crippen LogP contribution >= 0.6 is 21.6 Å². The molecule has 1 atom stereocenters. The Labute approximate surface area is 247 Å². The molecule has 0 unspecified atom stereocenters. The van der Waals surface area contributed by atoms with Gasteiger partial charge in [0.15, 0.2) is 0 Å². The molecule has 0 bridgehead atoms. The van der Waals surface area contributed by atoms with Crippen molar-refractivity contribution in [3.8, 4) is 0 Å². The number of nitrogens with one attached hydrogen (secondary N) is 1. The van der Waals surface area contributed by atoms with E-state index >= 15 is 0 Å². The van der Waals surface area contributed by atoms with Crippen molar-refractivity contribution in [1.29, 1.82) is 0 Å². The van der Waals surface area contributed by atoms with Crippen molar-refractivity contribution in [3.05, 3.63) is 0 Å². The first-order valence-electron chi connectivity index (χ1n) is 15.3. The zero-order valence-corrected chi connectivity index (χ0v) is 29.3. The number of esters is 1. The maximum atomic E-state index is 11.3. The van der Waals surface area contributed by atoms with Crippen LogP contribution in [-0.4, -0.2) is 36.0 Å². The molecule has 1 N–H and O–H groups in total. The summed E-state index contributed by atoms with van der Waals surface area (Å²) in [6.45, 7) is 29.0. The molecule has 0 aliphatic carbocycles. The van der Waals surface area contributed by atoms with Crippen molar-refractivity contribution in [2.45, 2.75) is 141 Å². The van der Waals surface area contributed by atoms with E-state index in [1.54, 1.807) is 0 Å². The van der Waals surface area contributed by atoms with Crippen LogP contribution in [0.1, 0.15) is 135 Å². The standard InChI is InChI=1S/C13H27NO.C11H22O2.C8H18S2/c1-11(2)7-5-6-10-14-13(15)9-8-12(3)4;1-8(2)6-7-11(12)13-10(5)9(3)4;1-7(2)5-9-10-6-8(3)4/h11-12H,5-10H2,1-4H3,(H,14,15);8-10H,6-7H2,1-5H3;7-8H,5-6H2,1-4H3/t;10-;/m.0./s1. The van der Waals surface area contributed by atoms with Gasteiger partial charge in [-0.2, -0.15) is 0 Å². The van der Waals surface area contributed by atoms with E-state index in [2.05, 4.69) is 88.4 Å². The summed E-state index contributed by atoms with van der Waals surface area (Å²) in [4.78, 5) is 22.6. The van der Waals surface area contributed by atoms with Gasteiger partial charge in [-0.1, -0.05) is 118 Å². The lowest BCUT2D eigenvalue weighted by Gasteiger charge is -2.16. The zero-order chi connectivity index (χ0) is 30.1. The molecule has 0 saturated carbocycles. The second-order valence-corrected chi connectivity index (χ2v) is 15.5. The number of amides is 1. The predicted molar refractivity (Wildman–Crippen MR) is 175 cm³/mol. The molecule has 0 aromatic rings. The van der Waals surface area contributed by atoms with Gasteiger partial charge >= 0.3 is 5.97 Å². The van der Waals surface area contributed by atoms with Crippen LogP contribution in [0.15, 0.2) is 0 Å². The molecule has 0 aromatic carbocycles.